The average molecular weight is 488 g/mol. The van der Waals surface area contributed by atoms with Gasteiger partial charge in [-0.3, -0.25) is 28.8 Å². The minimum atomic E-state index is -1.65. The summed E-state index contributed by atoms with van der Waals surface area (Å²) in [6, 6.07) is -5.87. The molecule has 0 radical (unpaired) electrons. The second-order valence-corrected chi connectivity index (χ2v) is 7.71. The predicted molar refractivity (Wildman–Crippen MR) is 115 cm³/mol. The van der Waals surface area contributed by atoms with E-state index in [2.05, 4.69) is 16.0 Å². The fourth-order valence-corrected chi connectivity index (χ4v) is 2.71. The number of primary amides is 2. The summed E-state index contributed by atoms with van der Waals surface area (Å²) in [7, 11) is 0. The molecule has 0 aromatic rings. The summed E-state index contributed by atoms with van der Waals surface area (Å²) in [5.41, 5.74) is 15.6. The molecule has 0 aromatic heterocycles. The SMILES string of the molecule is CCC(C)C(NC(=O)C(CC(=O)O)NC(=O)C(N)CCC(N)=O)C(=O)NC(CC(N)=O)C(=O)O. The summed E-state index contributed by atoms with van der Waals surface area (Å²) >= 11 is 0. The number of amides is 5. The topological polar surface area (TPSA) is 274 Å². The summed E-state index contributed by atoms with van der Waals surface area (Å²) in [5, 5.41) is 24.9. The molecule has 0 saturated carbocycles. The summed E-state index contributed by atoms with van der Waals surface area (Å²) in [5.74, 6) is -8.11. The normalized spacial score (nSPS) is 15.0. The van der Waals surface area contributed by atoms with Crippen LogP contribution in [0.25, 0.3) is 0 Å². The quantitative estimate of drug-likeness (QED) is 0.106. The van der Waals surface area contributed by atoms with Gasteiger partial charge in [0.25, 0.3) is 0 Å². The second-order valence-electron chi connectivity index (χ2n) is 7.71. The first-order valence-electron chi connectivity index (χ1n) is 10.4. The molecule has 0 bridgehead atoms. The Kier molecular flexibility index (Phi) is 12.8. The summed E-state index contributed by atoms with van der Waals surface area (Å²) in [6.07, 6.45) is -1.55. The van der Waals surface area contributed by atoms with Crippen LogP contribution < -0.4 is 33.2 Å². The molecule has 5 amide bonds. The molecular formula is C19H32N6O9. The molecule has 0 aromatic carbocycles. The Balaban J connectivity index is 5.57. The molecule has 34 heavy (non-hydrogen) atoms. The number of carbonyl (C=O) groups is 7. The van der Waals surface area contributed by atoms with Crippen LogP contribution in [0.15, 0.2) is 0 Å². The Bertz CT molecular complexity index is 803. The molecule has 15 nitrogen and oxygen atoms in total. The van der Waals surface area contributed by atoms with Crippen molar-refractivity contribution >= 4 is 41.5 Å². The van der Waals surface area contributed by atoms with Crippen molar-refractivity contribution in [2.75, 3.05) is 0 Å². The average Bonchev–Trinajstić information content (AvgIpc) is 2.72. The number of carbonyl (C=O) groups excluding carboxylic acids is 5. The van der Waals surface area contributed by atoms with Gasteiger partial charge in [-0.05, 0) is 12.3 Å². The van der Waals surface area contributed by atoms with Gasteiger partial charge in [0.2, 0.25) is 29.5 Å². The first kappa shape index (κ1) is 30.2. The van der Waals surface area contributed by atoms with Crippen LogP contribution in [-0.2, 0) is 33.6 Å². The van der Waals surface area contributed by atoms with Gasteiger partial charge in [0.15, 0.2) is 0 Å². The third-order valence-electron chi connectivity index (χ3n) is 4.86. The van der Waals surface area contributed by atoms with Crippen LogP contribution in [0, 0.1) is 5.92 Å². The number of carboxylic acids is 2. The zero-order valence-electron chi connectivity index (χ0n) is 18.9. The Labute approximate surface area is 195 Å². The number of carboxylic acid groups (broad SMARTS) is 2. The van der Waals surface area contributed by atoms with Gasteiger partial charge in [0.1, 0.15) is 18.1 Å². The van der Waals surface area contributed by atoms with Crippen LogP contribution in [0.3, 0.4) is 0 Å². The van der Waals surface area contributed by atoms with Crippen molar-refractivity contribution < 1.29 is 43.8 Å². The molecule has 0 rings (SSSR count). The van der Waals surface area contributed by atoms with E-state index >= 15 is 0 Å². The van der Waals surface area contributed by atoms with E-state index in [1.165, 1.54) is 0 Å². The minimum Gasteiger partial charge on any atom is -0.481 e. The predicted octanol–water partition coefficient (Wildman–Crippen LogP) is -3.49. The third-order valence-corrected chi connectivity index (χ3v) is 4.86. The van der Waals surface area contributed by atoms with E-state index in [4.69, 9.17) is 22.3 Å². The fraction of sp³-hybridized carbons (Fsp3) is 0.632. The maximum Gasteiger partial charge on any atom is 0.326 e. The van der Waals surface area contributed by atoms with Crippen LogP contribution in [0.5, 0.6) is 0 Å². The van der Waals surface area contributed by atoms with Crippen LogP contribution in [0.2, 0.25) is 0 Å². The van der Waals surface area contributed by atoms with Crippen molar-refractivity contribution in [1.82, 2.24) is 16.0 Å². The maximum absolute atomic E-state index is 12.8. The van der Waals surface area contributed by atoms with Gasteiger partial charge in [-0.15, -0.1) is 0 Å². The van der Waals surface area contributed by atoms with Crippen LogP contribution in [-0.4, -0.2) is 75.9 Å². The molecule has 0 fully saturated rings. The molecule has 5 atom stereocenters. The summed E-state index contributed by atoms with van der Waals surface area (Å²) < 4.78 is 0. The van der Waals surface area contributed by atoms with Crippen molar-refractivity contribution in [3.05, 3.63) is 0 Å². The lowest BCUT2D eigenvalue weighted by Crippen LogP contribution is -2.59. The number of aliphatic carboxylic acids is 2. The molecule has 0 saturated heterocycles. The molecular weight excluding hydrogens is 456 g/mol. The van der Waals surface area contributed by atoms with Crippen LogP contribution in [0.1, 0.15) is 46.0 Å². The number of hydrogen-bond acceptors (Lipinski definition) is 8. The standard InChI is InChI=1S/C19H32N6O9/c1-3-8(2)15(18(32)24-11(19(33)34)6-13(22)27)25-17(31)10(7-14(28)29)23-16(30)9(20)4-5-12(21)26/h8-11,15H,3-7,20H2,1-2H3,(H2,21,26)(H2,22,27)(H,23,30)(H,24,32)(H,25,31)(H,28,29)(H,33,34). The van der Waals surface area contributed by atoms with Crippen molar-refractivity contribution in [3.8, 4) is 0 Å². The van der Waals surface area contributed by atoms with E-state index in [1.807, 2.05) is 0 Å². The number of rotatable bonds is 16. The van der Waals surface area contributed by atoms with Crippen molar-refractivity contribution in [3.63, 3.8) is 0 Å². The molecule has 0 aliphatic carbocycles. The zero-order chi connectivity index (χ0) is 26.6. The van der Waals surface area contributed by atoms with E-state index in [1.54, 1.807) is 13.8 Å². The van der Waals surface area contributed by atoms with Crippen molar-refractivity contribution in [2.45, 2.75) is 70.1 Å². The zero-order valence-corrected chi connectivity index (χ0v) is 18.9. The Morgan fingerprint density at radius 2 is 1.35 bits per heavy atom. The lowest BCUT2D eigenvalue weighted by Gasteiger charge is -2.27. The van der Waals surface area contributed by atoms with Crippen molar-refractivity contribution in [1.29, 1.82) is 0 Å². The number of hydrogen-bond donors (Lipinski definition) is 8. The van der Waals surface area contributed by atoms with E-state index in [0.717, 1.165) is 0 Å². The molecule has 0 heterocycles. The van der Waals surface area contributed by atoms with Gasteiger partial charge in [-0.25, -0.2) is 4.79 Å². The second kappa shape index (κ2) is 14.4. The van der Waals surface area contributed by atoms with Gasteiger partial charge in [0, 0.05) is 6.42 Å². The van der Waals surface area contributed by atoms with Gasteiger partial charge < -0.3 is 43.4 Å². The highest BCUT2D eigenvalue weighted by Crippen LogP contribution is 2.10. The van der Waals surface area contributed by atoms with Gasteiger partial charge >= 0.3 is 11.9 Å². The molecule has 0 spiro atoms. The number of nitrogens with two attached hydrogens (primary N) is 3. The Morgan fingerprint density at radius 1 is 0.794 bits per heavy atom. The van der Waals surface area contributed by atoms with E-state index in [0.29, 0.717) is 6.42 Å². The molecule has 5 unspecified atom stereocenters. The molecule has 0 aliphatic heterocycles. The molecule has 0 aliphatic rings. The lowest BCUT2D eigenvalue weighted by atomic mass is 9.97. The first-order chi connectivity index (χ1) is 15.7. The van der Waals surface area contributed by atoms with Crippen molar-refractivity contribution in [2.24, 2.45) is 23.1 Å². The molecule has 192 valence electrons. The maximum atomic E-state index is 12.8. The minimum absolute atomic E-state index is 0.142. The lowest BCUT2D eigenvalue weighted by molar-refractivity contribution is -0.144. The highest BCUT2D eigenvalue weighted by atomic mass is 16.4. The third kappa shape index (κ3) is 11.2. The monoisotopic (exact) mass is 488 g/mol. The molecule has 11 N–H and O–H groups in total. The summed E-state index contributed by atoms with van der Waals surface area (Å²) in [4.78, 5) is 82.1. The fourth-order valence-electron chi connectivity index (χ4n) is 2.71. The Hall–Kier alpha value is -3.75. The first-order valence-corrected chi connectivity index (χ1v) is 10.4. The number of nitrogens with one attached hydrogen (secondary N) is 3. The van der Waals surface area contributed by atoms with Gasteiger partial charge in [-0.1, -0.05) is 20.3 Å². The highest BCUT2D eigenvalue weighted by Gasteiger charge is 2.34. The largest absolute Gasteiger partial charge is 0.481 e. The Morgan fingerprint density at radius 3 is 1.79 bits per heavy atom. The van der Waals surface area contributed by atoms with E-state index in [9.17, 15) is 38.7 Å². The molecule has 15 heteroatoms. The highest BCUT2D eigenvalue weighted by molar-refractivity contribution is 5.96. The van der Waals surface area contributed by atoms with Crippen LogP contribution in [0.4, 0.5) is 0 Å². The van der Waals surface area contributed by atoms with Crippen LogP contribution >= 0.6 is 0 Å². The van der Waals surface area contributed by atoms with E-state index in [-0.39, 0.29) is 12.8 Å². The van der Waals surface area contributed by atoms with Gasteiger partial charge in [0.05, 0.1) is 18.9 Å². The van der Waals surface area contributed by atoms with E-state index < -0.39 is 84.4 Å². The smallest absolute Gasteiger partial charge is 0.326 e. The summed E-state index contributed by atoms with van der Waals surface area (Å²) in [6.45, 7) is 3.25. The van der Waals surface area contributed by atoms with Gasteiger partial charge in [-0.2, -0.15) is 0 Å².